The molecule has 0 radical (unpaired) electrons. The Kier molecular flexibility index (Phi) is 11.4. The summed E-state index contributed by atoms with van der Waals surface area (Å²) < 4.78 is 5.39. The molecule has 0 amide bonds. The van der Waals surface area contributed by atoms with Gasteiger partial charge in [0.05, 0.1) is 18.9 Å². The van der Waals surface area contributed by atoms with Gasteiger partial charge in [0.15, 0.2) is 11.1 Å². The lowest BCUT2D eigenvalue weighted by Gasteiger charge is -2.26. The van der Waals surface area contributed by atoms with Gasteiger partial charge in [-0.05, 0) is 26.2 Å². The maximum absolute atomic E-state index is 5.39. The molecule has 1 aromatic rings. The molecule has 0 saturated carbocycles. The number of halogens is 1. The summed E-state index contributed by atoms with van der Waals surface area (Å²) in [6.07, 6.45) is 4.61. The predicted octanol–water partition coefficient (Wildman–Crippen LogP) is 2.18. The fourth-order valence-corrected chi connectivity index (χ4v) is 4.34. The Labute approximate surface area is 190 Å². The van der Waals surface area contributed by atoms with E-state index in [1.54, 1.807) is 11.3 Å². The second-order valence-electron chi connectivity index (χ2n) is 7.06. The third-order valence-electron chi connectivity index (χ3n) is 4.94. The molecule has 2 saturated heterocycles. The number of rotatable bonds is 9. The first kappa shape index (κ1) is 23.6. The number of guanidine groups is 1. The van der Waals surface area contributed by atoms with Crippen LogP contribution in [0.4, 0.5) is 5.13 Å². The van der Waals surface area contributed by atoms with Crippen LogP contribution in [0.2, 0.25) is 0 Å². The number of morpholine rings is 1. The van der Waals surface area contributed by atoms with E-state index in [4.69, 9.17) is 14.7 Å². The molecule has 0 aromatic carbocycles. The fraction of sp³-hybridized carbons (Fsp3) is 0.789. The SMILES string of the molecule is CCNC(=NCCCN1CCOCC1)NCCc1csc(N2CCCC2)n1.I. The molecule has 0 spiro atoms. The number of aromatic nitrogens is 1. The van der Waals surface area contributed by atoms with E-state index in [0.717, 1.165) is 84.4 Å². The first-order valence-electron chi connectivity index (χ1n) is 10.4. The van der Waals surface area contributed by atoms with Crippen LogP contribution >= 0.6 is 35.3 Å². The van der Waals surface area contributed by atoms with Crippen LogP contribution < -0.4 is 15.5 Å². The van der Waals surface area contributed by atoms with E-state index in [1.807, 2.05) is 0 Å². The summed E-state index contributed by atoms with van der Waals surface area (Å²) in [5.74, 6) is 0.912. The fourth-order valence-electron chi connectivity index (χ4n) is 3.43. The third-order valence-corrected chi connectivity index (χ3v) is 5.89. The number of hydrogen-bond donors (Lipinski definition) is 2. The van der Waals surface area contributed by atoms with Crippen molar-refractivity contribution < 1.29 is 4.74 Å². The zero-order valence-corrected chi connectivity index (χ0v) is 20.1. The molecule has 2 aliphatic heterocycles. The molecule has 0 atom stereocenters. The highest BCUT2D eigenvalue weighted by Crippen LogP contribution is 2.24. The smallest absolute Gasteiger partial charge is 0.191 e. The van der Waals surface area contributed by atoms with Crippen molar-refractivity contribution in [2.75, 3.05) is 70.5 Å². The molecule has 0 unspecified atom stereocenters. The maximum Gasteiger partial charge on any atom is 0.191 e. The van der Waals surface area contributed by atoms with Crippen LogP contribution in [-0.4, -0.2) is 81.4 Å². The maximum atomic E-state index is 5.39. The summed E-state index contributed by atoms with van der Waals surface area (Å²) in [7, 11) is 0. The molecule has 0 aliphatic carbocycles. The van der Waals surface area contributed by atoms with Crippen LogP contribution in [0.1, 0.15) is 31.9 Å². The summed E-state index contributed by atoms with van der Waals surface area (Å²) in [6, 6.07) is 0. The highest BCUT2D eigenvalue weighted by atomic mass is 127. The molecule has 28 heavy (non-hydrogen) atoms. The number of aliphatic imine (C=N–C) groups is 1. The highest BCUT2D eigenvalue weighted by Gasteiger charge is 2.15. The van der Waals surface area contributed by atoms with Crippen LogP contribution in [0, 0.1) is 0 Å². The van der Waals surface area contributed by atoms with Crippen molar-refractivity contribution in [2.45, 2.75) is 32.6 Å². The van der Waals surface area contributed by atoms with Crippen molar-refractivity contribution in [1.82, 2.24) is 20.5 Å². The summed E-state index contributed by atoms with van der Waals surface area (Å²) >= 11 is 1.77. The van der Waals surface area contributed by atoms with Crippen molar-refractivity contribution in [2.24, 2.45) is 4.99 Å². The molecular weight excluding hydrogens is 487 g/mol. The van der Waals surface area contributed by atoms with Gasteiger partial charge < -0.3 is 20.3 Å². The Balaban J connectivity index is 0.00000280. The molecule has 3 heterocycles. The lowest BCUT2D eigenvalue weighted by Crippen LogP contribution is -2.39. The van der Waals surface area contributed by atoms with Gasteiger partial charge in [0, 0.05) is 64.2 Å². The van der Waals surface area contributed by atoms with E-state index in [1.165, 1.54) is 23.7 Å². The number of thiazole rings is 1. The van der Waals surface area contributed by atoms with Gasteiger partial charge in [-0.25, -0.2) is 4.98 Å². The number of anilines is 1. The van der Waals surface area contributed by atoms with Gasteiger partial charge in [0.1, 0.15) is 0 Å². The summed E-state index contributed by atoms with van der Waals surface area (Å²) in [4.78, 5) is 14.4. The van der Waals surface area contributed by atoms with E-state index in [-0.39, 0.29) is 24.0 Å². The number of nitrogens with one attached hydrogen (secondary N) is 2. The molecular formula is C19H35IN6OS. The molecule has 1 aromatic heterocycles. The summed E-state index contributed by atoms with van der Waals surface area (Å²) in [6.45, 7) is 11.9. The molecule has 7 nitrogen and oxygen atoms in total. The molecule has 9 heteroatoms. The van der Waals surface area contributed by atoms with Crippen LogP contribution in [0.3, 0.4) is 0 Å². The van der Waals surface area contributed by atoms with Gasteiger partial charge in [-0.3, -0.25) is 9.89 Å². The topological polar surface area (TPSA) is 65.0 Å². The van der Waals surface area contributed by atoms with E-state index in [9.17, 15) is 0 Å². The molecule has 0 bridgehead atoms. The van der Waals surface area contributed by atoms with Crippen LogP contribution in [-0.2, 0) is 11.2 Å². The minimum absolute atomic E-state index is 0. The average molecular weight is 523 g/mol. The molecule has 2 aliphatic rings. The molecule has 160 valence electrons. The van der Waals surface area contributed by atoms with Crippen molar-refractivity contribution in [3.63, 3.8) is 0 Å². The van der Waals surface area contributed by atoms with Crippen molar-refractivity contribution >= 4 is 46.4 Å². The second kappa shape index (κ2) is 13.6. The number of nitrogens with zero attached hydrogens (tertiary/aromatic N) is 4. The molecule has 3 rings (SSSR count). The van der Waals surface area contributed by atoms with Gasteiger partial charge in [-0.15, -0.1) is 35.3 Å². The third kappa shape index (κ3) is 8.00. The minimum atomic E-state index is 0. The Hall–Kier alpha value is -0.650. The Bertz CT molecular complexity index is 573. The first-order valence-corrected chi connectivity index (χ1v) is 11.2. The van der Waals surface area contributed by atoms with Gasteiger partial charge >= 0.3 is 0 Å². The monoisotopic (exact) mass is 522 g/mol. The van der Waals surface area contributed by atoms with E-state index >= 15 is 0 Å². The van der Waals surface area contributed by atoms with Crippen molar-refractivity contribution in [1.29, 1.82) is 0 Å². The minimum Gasteiger partial charge on any atom is -0.379 e. The average Bonchev–Trinajstić information content (AvgIpc) is 3.38. The van der Waals surface area contributed by atoms with Gasteiger partial charge in [-0.2, -0.15) is 0 Å². The Morgan fingerprint density at radius 3 is 2.75 bits per heavy atom. The lowest BCUT2D eigenvalue weighted by atomic mass is 10.3. The second-order valence-corrected chi connectivity index (χ2v) is 7.90. The van der Waals surface area contributed by atoms with Crippen LogP contribution in [0.15, 0.2) is 10.4 Å². The number of hydrogen-bond acceptors (Lipinski definition) is 6. The molecule has 2 N–H and O–H groups in total. The first-order chi connectivity index (χ1) is 13.3. The van der Waals surface area contributed by atoms with E-state index in [2.05, 4.69) is 32.7 Å². The summed E-state index contributed by atoms with van der Waals surface area (Å²) in [5, 5.41) is 10.2. The van der Waals surface area contributed by atoms with Crippen molar-refractivity contribution in [3.8, 4) is 0 Å². The quantitative estimate of drug-likeness (QED) is 0.225. The summed E-state index contributed by atoms with van der Waals surface area (Å²) in [5.41, 5.74) is 1.18. The van der Waals surface area contributed by atoms with Gasteiger partial charge in [0.25, 0.3) is 0 Å². The number of ether oxygens (including phenoxy) is 1. The predicted molar refractivity (Wildman–Crippen MR) is 129 cm³/mol. The van der Waals surface area contributed by atoms with Crippen LogP contribution in [0.5, 0.6) is 0 Å². The zero-order chi connectivity index (χ0) is 18.7. The highest BCUT2D eigenvalue weighted by molar-refractivity contribution is 14.0. The van der Waals surface area contributed by atoms with Gasteiger partial charge in [0.2, 0.25) is 0 Å². The standard InChI is InChI=1S/C19H34N6OS.HI/c1-2-20-18(21-7-5-9-24-12-14-26-15-13-24)22-8-6-17-16-27-19(23-17)25-10-3-4-11-25;/h16H,2-15H2,1H3,(H2,20,21,22);1H. The van der Waals surface area contributed by atoms with Gasteiger partial charge in [-0.1, -0.05) is 0 Å². The van der Waals surface area contributed by atoms with Crippen molar-refractivity contribution in [3.05, 3.63) is 11.1 Å². The van der Waals surface area contributed by atoms with Crippen LogP contribution in [0.25, 0.3) is 0 Å². The largest absolute Gasteiger partial charge is 0.379 e. The Morgan fingerprint density at radius 2 is 2.00 bits per heavy atom. The molecule has 2 fully saturated rings. The lowest BCUT2D eigenvalue weighted by molar-refractivity contribution is 0.0377. The van der Waals surface area contributed by atoms with E-state index < -0.39 is 0 Å². The Morgan fingerprint density at radius 1 is 1.21 bits per heavy atom. The normalized spacial score (nSPS) is 18.2. The zero-order valence-electron chi connectivity index (χ0n) is 17.0. The van der Waals surface area contributed by atoms with E-state index in [0.29, 0.717) is 0 Å².